The Bertz CT molecular complexity index is 357. The summed E-state index contributed by atoms with van der Waals surface area (Å²) in [5.74, 6) is 2.65. The van der Waals surface area contributed by atoms with Crippen LogP contribution in [0.5, 0.6) is 0 Å². The van der Waals surface area contributed by atoms with Crippen LogP contribution in [0.3, 0.4) is 0 Å². The molecular formula is C12H13FS. The molecule has 0 spiro atoms. The molecule has 0 aromatic heterocycles. The van der Waals surface area contributed by atoms with E-state index in [1.54, 1.807) is 12.1 Å². The van der Waals surface area contributed by atoms with Crippen molar-refractivity contribution >= 4 is 11.8 Å². The second-order valence-corrected chi connectivity index (χ2v) is 5.40. The van der Waals surface area contributed by atoms with Gasteiger partial charge in [0.1, 0.15) is 5.82 Å². The maximum atomic E-state index is 13.1. The Labute approximate surface area is 87.9 Å². The Balaban J connectivity index is 2.02. The lowest BCUT2D eigenvalue weighted by Crippen LogP contribution is -2.09. The number of fused-ring (bicyclic) bond motifs is 1. The summed E-state index contributed by atoms with van der Waals surface area (Å²) in [5.41, 5.74) is 1.28. The minimum absolute atomic E-state index is 0.0723. The molecule has 2 heteroatoms. The Morgan fingerprint density at radius 3 is 2.86 bits per heavy atom. The molecule has 1 heterocycles. The first kappa shape index (κ1) is 8.78. The summed E-state index contributed by atoms with van der Waals surface area (Å²) in [5, 5.41) is 0. The van der Waals surface area contributed by atoms with Gasteiger partial charge in [-0.1, -0.05) is 0 Å². The fraction of sp³-hybridized carbons (Fsp3) is 0.500. The van der Waals surface area contributed by atoms with Crippen LogP contribution in [0.1, 0.15) is 30.7 Å². The van der Waals surface area contributed by atoms with E-state index in [0.29, 0.717) is 5.92 Å². The predicted molar refractivity (Wildman–Crippen MR) is 57.2 cm³/mol. The topological polar surface area (TPSA) is 0 Å². The van der Waals surface area contributed by atoms with Crippen molar-refractivity contribution in [3.8, 4) is 0 Å². The molecule has 1 aromatic carbocycles. The standard InChI is InChI=1S/C12H13FS/c13-9-3-4-12-11(7-9)10(5-6-14-12)8-1-2-8/h3-4,7-8,10H,1-2,5-6H2. The lowest BCUT2D eigenvalue weighted by molar-refractivity contribution is 0.561. The second-order valence-electron chi connectivity index (χ2n) is 4.26. The van der Waals surface area contributed by atoms with E-state index in [1.807, 2.05) is 17.8 Å². The van der Waals surface area contributed by atoms with Gasteiger partial charge in [0, 0.05) is 4.90 Å². The number of hydrogen-bond donors (Lipinski definition) is 0. The van der Waals surface area contributed by atoms with Crippen LogP contribution in [0.25, 0.3) is 0 Å². The molecule has 1 aliphatic heterocycles. The van der Waals surface area contributed by atoms with Crippen LogP contribution in [-0.4, -0.2) is 5.75 Å². The summed E-state index contributed by atoms with van der Waals surface area (Å²) < 4.78 is 13.1. The lowest BCUT2D eigenvalue weighted by atomic mass is 9.91. The monoisotopic (exact) mass is 208 g/mol. The van der Waals surface area contributed by atoms with E-state index < -0.39 is 0 Å². The van der Waals surface area contributed by atoms with Crippen molar-refractivity contribution in [2.24, 2.45) is 5.92 Å². The molecule has 14 heavy (non-hydrogen) atoms. The van der Waals surface area contributed by atoms with Gasteiger partial charge in [-0.05, 0) is 60.6 Å². The Hall–Kier alpha value is -0.500. The molecule has 1 fully saturated rings. The zero-order valence-corrected chi connectivity index (χ0v) is 8.82. The van der Waals surface area contributed by atoms with Gasteiger partial charge < -0.3 is 0 Å². The van der Waals surface area contributed by atoms with Gasteiger partial charge in [-0.15, -0.1) is 11.8 Å². The molecule has 0 bridgehead atoms. The fourth-order valence-electron chi connectivity index (χ4n) is 2.38. The minimum Gasteiger partial charge on any atom is -0.207 e. The molecule has 0 nitrogen and oxygen atoms in total. The molecule has 1 atom stereocenters. The zero-order valence-electron chi connectivity index (χ0n) is 8.00. The smallest absolute Gasteiger partial charge is 0.123 e. The van der Waals surface area contributed by atoms with Gasteiger partial charge in [-0.3, -0.25) is 0 Å². The summed E-state index contributed by atoms with van der Waals surface area (Å²) in [6.45, 7) is 0. The van der Waals surface area contributed by atoms with Crippen molar-refractivity contribution in [1.29, 1.82) is 0 Å². The molecule has 0 amide bonds. The number of benzene rings is 1. The number of hydrogen-bond acceptors (Lipinski definition) is 1. The van der Waals surface area contributed by atoms with E-state index in [9.17, 15) is 4.39 Å². The van der Waals surface area contributed by atoms with E-state index in [-0.39, 0.29) is 5.82 Å². The van der Waals surface area contributed by atoms with E-state index in [1.165, 1.54) is 35.5 Å². The Morgan fingerprint density at radius 1 is 1.21 bits per heavy atom. The largest absolute Gasteiger partial charge is 0.207 e. The number of rotatable bonds is 1. The summed E-state index contributed by atoms with van der Waals surface area (Å²) in [7, 11) is 0. The fourth-order valence-corrected chi connectivity index (χ4v) is 3.51. The highest BCUT2D eigenvalue weighted by molar-refractivity contribution is 7.99. The van der Waals surface area contributed by atoms with Crippen LogP contribution >= 0.6 is 11.8 Å². The number of halogens is 1. The van der Waals surface area contributed by atoms with Gasteiger partial charge in [-0.2, -0.15) is 0 Å². The van der Waals surface area contributed by atoms with E-state index in [2.05, 4.69) is 0 Å². The highest BCUT2D eigenvalue weighted by Crippen LogP contribution is 2.50. The van der Waals surface area contributed by atoms with Crippen molar-refractivity contribution < 1.29 is 4.39 Å². The van der Waals surface area contributed by atoms with Crippen LogP contribution < -0.4 is 0 Å². The van der Waals surface area contributed by atoms with E-state index in [0.717, 1.165) is 5.92 Å². The van der Waals surface area contributed by atoms with Gasteiger partial charge >= 0.3 is 0 Å². The maximum Gasteiger partial charge on any atom is 0.123 e. The first-order chi connectivity index (χ1) is 6.84. The van der Waals surface area contributed by atoms with Crippen LogP contribution in [-0.2, 0) is 0 Å². The summed E-state index contributed by atoms with van der Waals surface area (Å²) in [6.07, 6.45) is 3.95. The molecule has 3 rings (SSSR count). The second kappa shape index (κ2) is 3.27. The van der Waals surface area contributed by atoms with Crippen LogP contribution in [0.4, 0.5) is 4.39 Å². The normalized spacial score (nSPS) is 25.9. The van der Waals surface area contributed by atoms with Crippen LogP contribution in [0, 0.1) is 11.7 Å². The highest BCUT2D eigenvalue weighted by Gasteiger charge is 2.35. The quantitative estimate of drug-likeness (QED) is 0.676. The molecule has 74 valence electrons. The van der Waals surface area contributed by atoms with E-state index >= 15 is 0 Å². The minimum atomic E-state index is -0.0723. The van der Waals surface area contributed by atoms with Gasteiger partial charge in [0.2, 0.25) is 0 Å². The average molecular weight is 208 g/mol. The molecule has 1 unspecified atom stereocenters. The molecule has 0 radical (unpaired) electrons. The molecule has 2 aliphatic rings. The van der Waals surface area contributed by atoms with Gasteiger partial charge in [-0.25, -0.2) is 4.39 Å². The zero-order chi connectivity index (χ0) is 9.54. The first-order valence-corrected chi connectivity index (χ1v) is 6.25. The van der Waals surface area contributed by atoms with Crippen molar-refractivity contribution in [2.75, 3.05) is 5.75 Å². The molecule has 1 saturated carbocycles. The van der Waals surface area contributed by atoms with Crippen LogP contribution in [0.2, 0.25) is 0 Å². The Kier molecular flexibility index (Phi) is 2.05. The van der Waals surface area contributed by atoms with Crippen LogP contribution in [0.15, 0.2) is 23.1 Å². The van der Waals surface area contributed by atoms with Gasteiger partial charge in [0.05, 0.1) is 0 Å². The number of thioether (sulfide) groups is 1. The molecular weight excluding hydrogens is 195 g/mol. The van der Waals surface area contributed by atoms with Gasteiger partial charge in [0.15, 0.2) is 0 Å². The first-order valence-electron chi connectivity index (χ1n) is 5.27. The van der Waals surface area contributed by atoms with Gasteiger partial charge in [0.25, 0.3) is 0 Å². The van der Waals surface area contributed by atoms with E-state index in [4.69, 9.17) is 0 Å². The third kappa shape index (κ3) is 1.46. The third-order valence-corrected chi connectivity index (χ3v) is 4.37. The average Bonchev–Trinajstić information content (AvgIpc) is 3.00. The SMILES string of the molecule is Fc1ccc2c(c1)C(C1CC1)CCS2. The molecule has 1 aromatic rings. The molecule has 0 N–H and O–H groups in total. The Morgan fingerprint density at radius 2 is 2.07 bits per heavy atom. The summed E-state index contributed by atoms with van der Waals surface area (Å²) in [6, 6.07) is 5.29. The lowest BCUT2D eigenvalue weighted by Gasteiger charge is -2.24. The molecule has 1 aliphatic carbocycles. The third-order valence-electron chi connectivity index (χ3n) is 3.25. The van der Waals surface area contributed by atoms with Crippen molar-refractivity contribution in [3.05, 3.63) is 29.6 Å². The van der Waals surface area contributed by atoms with Crippen molar-refractivity contribution in [2.45, 2.75) is 30.1 Å². The van der Waals surface area contributed by atoms with Crippen molar-refractivity contribution in [3.63, 3.8) is 0 Å². The highest BCUT2D eigenvalue weighted by atomic mass is 32.2. The predicted octanol–water partition coefficient (Wildman–Crippen LogP) is 3.82. The van der Waals surface area contributed by atoms with Crippen molar-refractivity contribution in [1.82, 2.24) is 0 Å². The summed E-state index contributed by atoms with van der Waals surface area (Å²) in [4.78, 5) is 1.31. The maximum absolute atomic E-state index is 13.1. The summed E-state index contributed by atoms with van der Waals surface area (Å²) >= 11 is 1.88. The molecule has 0 saturated heterocycles.